The summed E-state index contributed by atoms with van der Waals surface area (Å²) in [5.74, 6) is -20.1. The summed E-state index contributed by atoms with van der Waals surface area (Å²) < 4.78 is 0. The van der Waals surface area contributed by atoms with E-state index >= 15 is 0 Å². The Balaban J connectivity index is 1.57. The molecule has 0 fully saturated rings. The van der Waals surface area contributed by atoms with Gasteiger partial charge in [0, 0.05) is 76.2 Å². The molecule has 43 heteroatoms. The Labute approximate surface area is 546 Å². The number of carbonyl (C=O) groups is 17. The van der Waals surface area contributed by atoms with Crippen molar-refractivity contribution in [2.24, 2.45) is 5.73 Å². The molecule has 4 heterocycles. The molecule has 12 amide bonds. The van der Waals surface area contributed by atoms with E-state index in [0.29, 0.717) is 0 Å². The van der Waals surface area contributed by atoms with Crippen molar-refractivity contribution in [2.75, 3.05) is 32.7 Å². The van der Waals surface area contributed by atoms with Crippen LogP contribution in [0.1, 0.15) is 74.1 Å². The number of aromatic nitrogens is 8. The lowest BCUT2D eigenvalue weighted by molar-refractivity contribution is -0.143. The minimum atomic E-state index is -1.92. The number of carboxylic acid groups (broad SMARTS) is 5. The molecule has 0 aliphatic rings. The molecule has 97 heavy (non-hydrogen) atoms. The summed E-state index contributed by atoms with van der Waals surface area (Å²) in [6.45, 7) is -2.97. The summed E-state index contributed by atoms with van der Waals surface area (Å²) >= 11 is 0. The summed E-state index contributed by atoms with van der Waals surface area (Å²) in [5, 5.41) is 75.3. The first-order chi connectivity index (χ1) is 46.1. The molecule has 0 spiro atoms. The van der Waals surface area contributed by atoms with Crippen LogP contribution in [-0.4, -0.2) is 247 Å². The Kier molecular flexibility index (Phi) is 31.9. The van der Waals surface area contributed by atoms with Crippen molar-refractivity contribution in [3.63, 3.8) is 0 Å². The zero-order chi connectivity index (χ0) is 71.6. The molecule has 4 rings (SSSR count). The number of nitrogens with two attached hydrogens (primary N) is 1. The van der Waals surface area contributed by atoms with Crippen LogP contribution in [0.4, 0.5) is 0 Å². The van der Waals surface area contributed by atoms with Gasteiger partial charge in [-0.25, -0.2) is 24.7 Å². The summed E-state index contributed by atoms with van der Waals surface area (Å²) in [4.78, 5) is 246. The monoisotopic (exact) mass is 1370 g/mol. The van der Waals surface area contributed by atoms with Gasteiger partial charge in [-0.05, 0) is 25.7 Å². The molecule has 8 atom stereocenters. The maximum atomic E-state index is 14.5. The highest BCUT2D eigenvalue weighted by Gasteiger charge is 2.37. The first kappa shape index (κ1) is 77.2. The Hall–Kier alpha value is -12.2. The number of carboxylic acids is 5. The molecule has 0 aromatic carbocycles. The number of hydrogen-bond acceptors (Lipinski definition) is 22. The van der Waals surface area contributed by atoms with Crippen molar-refractivity contribution in [2.45, 2.75) is 125 Å². The molecule has 23 N–H and O–H groups in total. The largest absolute Gasteiger partial charge is 0.481 e. The van der Waals surface area contributed by atoms with Crippen LogP contribution in [0.25, 0.3) is 0 Å². The van der Waals surface area contributed by atoms with E-state index in [-0.39, 0.29) is 35.7 Å². The van der Waals surface area contributed by atoms with Gasteiger partial charge in [0.05, 0.1) is 80.8 Å². The van der Waals surface area contributed by atoms with Crippen molar-refractivity contribution >= 4 is 101 Å². The SMILES string of the molecule is NCC(=O)NCC(=O)NCC(=O)NCC(=O)NCC(=O)N[C@@H](Cc1c[nH]cn1)C(=O)N[C@@H](CCC(=O)O)C(=O)N[C@@H](Cc1c[nH]cn1)C(=O)N[C@@H](CCC(=O)O)C(=O)N[C@@H](Cc1c[nH]cn1)C(=O)N[C@@H](CCC(=O)O)C(=O)N[C@@H](Cc1c[nH]cn1)C(=O)N[C@@H](CCC(=O)O)C(=O)O. The lowest BCUT2D eigenvalue weighted by Crippen LogP contribution is -2.61. The molecule has 0 aliphatic carbocycles. The average molecular weight is 1370 g/mol. The van der Waals surface area contributed by atoms with Gasteiger partial charge in [0.1, 0.15) is 48.3 Å². The molecule has 0 unspecified atom stereocenters. The predicted molar refractivity (Wildman–Crippen MR) is 321 cm³/mol. The third kappa shape index (κ3) is 29.5. The second kappa shape index (κ2) is 40.0. The van der Waals surface area contributed by atoms with E-state index in [2.05, 4.69) is 104 Å². The standard InChI is InChI=1S/C54H73N21O22/c55-13-38(76)60-18-39(77)61-19-40(78)62-20-41(79)63-21-42(80)68-34(9-26-14-56-22-64-26)50(92)69-30(1-5-43(81)82)47(89)73-35(10-27-15-57-23-65-27)51(93)70-31(2-6-44(83)84)48(90)74-36(11-28-16-58-24-66-28)52(94)71-32(3-7-45(85)86)49(91)75-37(12-29-17-59-25-67-29)53(95)72-33(54(96)97)4-8-46(87)88/h14-17,22-25,30-37H,1-13,18-21,55H2,(H,56,64)(H,57,65)(H,58,66)(H,59,67)(H,60,76)(H,61,77)(H,62,78)(H,63,79)(H,68,80)(H,69,92)(H,70,93)(H,71,94)(H,72,95)(H,73,89)(H,74,90)(H,75,91)(H,81,82)(H,83,84)(H,85,86)(H,87,88)(H,96,97)/t30-,31-,32-,33-,34-,35-,36-,37-/m0/s1. The maximum absolute atomic E-state index is 14.5. The van der Waals surface area contributed by atoms with Crippen LogP contribution in [0.15, 0.2) is 50.1 Å². The van der Waals surface area contributed by atoms with Gasteiger partial charge in [0.25, 0.3) is 0 Å². The molecule has 4 aromatic heterocycles. The van der Waals surface area contributed by atoms with Gasteiger partial charge in [-0.2, -0.15) is 0 Å². The lowest BCUT2D eigenvalue weighted by atomic mass is 10.0. The highest BCUT2D eigenvalue weighted by molar-refractivity contribution is 5.99. The van der Waals surface area contributed by atoms with Crippen molar-refractivity contribution in [1.82, 2.24) is 104 Å². The summed E-state index contributed by atoms with van der Waals surface area (Å²) in [6, 6.07) is -14.4. The zero-order valence-corrected chi connectivity index (χ0v) is 51.3. The molecular weight excluding hydrogens is 1290 g/mol. The number of aromatic amines is 4. The topological polar surface area (TPSA) is 676 Å². The van der Waals surface area contributed by atoms with Crippen LogP contribution in [-0.2, 0) is 107 Å². The van der Waals surface area contributed by atoms with Crippen LogP contribution in [0.3, 0.4) is 0 Å². The van der Waals surface area contributed by atoms with Gasteiger partial charge < -0.3 is 115 Å². The normalized spacial score (nSPS) is 13.2. The Morgan fingerprint density at radius 1 is 0.320 bits per heavy atom. The predicted octanol–water partition coefficient (Wildman–Crippen LogP) is -9.30. The van der Waals surface area contributed by atoms with Crippen LogP contribution < -0.4 is 69.5 Å². The van der Waals surface area contributed by atoms with E-state index in [9.17, 15) is 102 Å². The summed E-state index contributed by atoms with van der Waals surface area (Å²) in [6.07, 6.45) is 2.37. The number of H-pyrrole nitrogens is 4. The van der Waals surface area contributed by atoms with E-state index < -0.39 is 246 Å². The lowest BCUT2D eigenvalue weighted by Gasteiger charge is -2.28. The molecule has 0 bridgehead atoms. The summed E-state index contributed by atoms with van der Waals surface area (Å²) in [5.41, 5.74) is 5.61. The number of rotatable bonds is 45. The fraction of sp³-hybridized carbons (Fsp3) is 0.463. The maximum Gasteiger partial charge on any atom is 0.326 e. The summed E-state index contributed by atoms with van der Waals surface area (Å²) in [7, 11) is 0. The molecule has 0 saturated carbocycles. The molecule has 526 valence electrons. The number of carbonyl (C=O) groups excluding carboxylic acids is 12. The second-order valence-electron chi connectivity index (χ2n) is 21.0. The number of nitrogens with zero attached hydrogens (tertiary/aromatic N) is 4. The number of amides is 12. The van der Waals surface area contributed by atoms with E-state index in [1.54, 1.807) is 0 Å². The van der Waals surface area contributed by atoms with Crippen LogP contribution >= 0.6 is 0 Å². The first-order valence-electron chi connectivity index (χ1n) is 29.3. The molecule has 43 nitrogen and oxygen atoms in total. The smallest absolute Gasteiger partial charge is 0.326 e. The van der Waals surface area contributed by atoms with Crippen LogP contribution in [0, 0.1) is 0 Å². The van der Waals surface area contributed by atoms with Gasteiger partial charge in [-0.15, -0.1) is 0 Å². The highest BCUT2D eigenvalue weighted by atomic mass is 16.4. The fourth-order valence-electron chi connectivity index (χ4n) is 8.55. The molecule has 0 aliphatic heterocycles. The van der Waals surface area contributed by atoms with E-state index in [1.165, 1.54) is 50.1 Å². The average Bonchev–Trinajstić information content (AvgIpc) is 1.68. The minimum Gasteiger partial charge on any atom is -0.481 e. The van der Waals surface area contributed by atoms with Crippen molar-refractivity contribution in [1.29, 1.82) is 0 Å². The van der Waals surface area contributed by atoms with Gasteiger partial charge >= 0.3 is 29.8 Å². The van der Waals surface area contributed by atoms with Crippen molar-refractivity contribution in [3.05, 3.63) is 72.9 Å². The van der Waals surface area contributed by atoms with Gasteiger partial charge in [-0.3, -0.25) is 76.7 Å². The van der Waals surface area contributed by atoms with Crippen LogP contribution in [0.2, 0.25) is 0 Å². The van der Waals surface area contributed by atoms with Crippen molar-refractivity contribution < 1.29 is 107 Å². The number of aliphatic carboxylic acids is 5. The van der Waals surface area contributed by atoms with E-state index in [1.807, 2.05) is 0 Å². The van der Waals surface area contributed by atoms with Gasteiger partial charge in [-0.1, -0.05) is 0 Å². The fourth-order valence-corrected chi connectivity index (χ4v) is 8.55. The highest BCUT2D eigenvalue weighted by Crippen LogP contribution is 2.11. The van der Waals surface area contributed by atoms with Crippen molar-refractivity contribution in [3.8, 4) is 0 Å². The third-order valence-electron chi connectivity index (χ3n) is 13.5. The molecular formula is C54H73N21O22. The Morgan fingerprint density at radius 2 is 0.546 bits per heavy atom. The number of imidazole rings is 4. The van der Waals surface area contributed by atoms with Crippen LogP contribution in [0.5, 0.6) is 0 Å². The quantitative estimate of drug-likeness (QED) is 0.0195. The second-order valence-corrected chi connectivity index (χ2v) is 21.0. The van der Waals surface area contributed by atoms with Gasteiger partial charge in [0.2, 0.25) is 70.9 Å². The molecule has 4 aromatic rings. The molecule has 0 radical (unpaired) electrons. The Bertz CT molecular complexity index is 3380. The molecule has 0 saturated heterocycles. The first-order valence-corrected chi connectivity index (χ1v) is 29.3. The number of nitrogens with one attached hydrogen (secondary N) is 16. The Morgan fingerprint density at radius 3 is 0.794 bits per heavy atom. The minimum absolute atomic E-state index is 0.0755. The van der Waals surface area contributed by atoms with E-state index in [4.69, 9.17) is 10.8 Å². The van der Waals surface area contributed by atoms with E-state index in [0.717, 1.165) is 0 Å². The van der Waals surface area contributed by atoms with Gasteiger partial charge in [0.15, 0.2) is 0 Å². The zero-order valence-electron chi connectivity index (χ0n) is 51.3. The number of hydrogen-bond donors (Lipinski definition) is 22. The third-order valence-corrected chi connectivity index (χ3v) is 13.5.